The molecule has 1 aliphatic heterocycles. The van der Waals surface area contributed by atoms with Crippen molar-refractivity contribution >= 4 is 30.8 Å². The highest BCUT2D eigenvalue weighted by Crippen LogP contribution is 2.67. The van der Waals surface area contributed by atoms with E-state index in [1.807, 2.05) is 0 Å². The van der Waals surface area contributed by atoms with Gasteiger partial charge in [-0.05, 0) is 23.7 Å². The number of thioether (sulfide) groups is 2. The van der Waals surface area contributed by atoms with E-state index in [9.17, 15) is 0 Å². The van der Waals surface area contributed by atoms with E-state index < -0.39 is 7.26 Å². The zero-order valence-corrected chi connectivity index (χ0v) is 10.4. The third kappa shape index (κ3) is 2.40. The molecule has 0 aromatic rings. The SMILES string of the molecule is CC1=C(C)SC([P+](C)(C)C)S1. The Labute approximate surface area is 78.9 Å². The second kappa shape index (κ2) is 3.32. The molecule has 0 fully saturated rings. The first-order chi connectivity index (χ1) is 4.91. The number of hydrogen-bond acceptors (Lipinski definition) is 2. The summed E-state index contributed by atoms with van der Waals surface area (Å²) < 4.78 is 0.836. The molecule has 1 heterocycles. The first-order valence-electron chi connectivity index (χ1n) is 3.73. The summed E-state index contributed by atoms with van der Waals surface area (Å²) in [4.78, 5) is 3.07. The predicted molar refractivity (Wildman–Crippen MR) is 62.0 cm³/mol. The van der Waals surface area contributed by atoms with E-state index in [2.05, 4.69) is 57.4 Å². The maximum absolute atomic E-state index is 2.42. The summed E-state index contributed by atoms with van der Waals surface area (Å²) >= 11 is 4.15. The molecule has 11 heavy (non-hydrogen) atoms. The molecular formula is C8H16PS2+. The molecule has 0 saturated heterocycles. The monoisotopic (exact) mass is 207 g/mol. The minimum Gasteiger partial charge on any atom is -0.0747 e. The molecule has 3 heteroatoms. The lowest BCUT2D eigenvalue weighted by Crippen LogP contribution is -1.98. The van der Waals surface area contributed by atoms with Gasteiger partial charge < -0.3 is 0 Å². The summed E-state index contributed by atoms with van der Waals surface area (Å²) in [7, 11) is -0.654. The Kier molecular flexibility index (Phi) is 3.00. The fourth-order valence-electron chi connectivity index (χ4n) is 0.809. The molecular weight excluding hydrogens is 191 g/mol. The van der Waals surface area contributed by atoms with Crippen LogP contribution in [-0.4, -0.2) is 24.3 Å². The van der Waals surface area contributed by atoms with E-state index in [1.54, 1.807) is 0 Å². The van der Waals surface area contributed by atoms with E-state index in [1.165, 1.54) is 9.81 Å². The van der Waals surface area contributed by atoms with Crippen molar-refractivity contribution in [2.24, 2.45) is 0 Å². The van der Waals surface area contributed by atoms with Crippen LogP contribution in [0.1, 0.15) is 13.8 Å². The van der Waals surface area contributed by atoms with Crippen molar-refractivity contribution in [2.75, 3.05) is 20.0 Å². The van der Waals surface area contributed by atoms with Gasteiger partial charge in [-0.1, -0.05) is 23.5 Å². The molecule has 64 valence electrons. The van der Waals surface area contributed by atoms with Gasteiger partial charge in [0.05, 0.1) is 20.0 Å². The van der Waals surface area contributed by atoms with Gasteiger partial charge in [0.2, 0.25) is 0 Å². The van der Waals surface area contributed by atoms with Crippen LogP contribution in [-0.2, 0) is 0 Å². The minimum atomic E-state index is -0.654. The molecule has 0 amide bonds. The van der Waals surface area contributed by atoms with Crippen LogP contribution < -0.4 is 0 Å². The fourth-order valence-corrected chi connectivity index (χ4v) is 6.57. The third-order valence-corrected chi connectivity index (χ3v) is 9.80. The van der Waals surface area contributed by atoms with E-state index in [0.29, 0.717) is 0 Å². The highest BCUT2D eigenvalue weighted by molar-refractivity contribution is 8.31. The Balaban J connectivity index is 2.62. The van der Waals surface area contributed by atoms with Crippen LogP contribution in [0.3, 0.4) is 0 Å². The lowest BCUT2D eigenvalue weighted by molar-refractivity contribution is 1.57. The zero-order chi connectivity index (χ0) is 8.65. The number of allylic oxidation sites excluding steroid dienone is 2. The van der Waals surface area contributed by atoms with Crippen LogP contribution in [0.25, 0.3) is 0 Å². The van der Waals surface area contributed by atoms with Crippen molar-refractivity contribution in [3.63, 3.8) is 0 Å². The Morgan fingerprint density at radius 2 is 1.36 bits per heavy atom. The van der Waals surface area contributed by atoms with Crippen molar-refractivity contribution in [1.29, 1.82) is 0 Å². The summed E-state index contributed by atoms with van der Waals surface area (Å²) in [5.41, 5.74) is 0. The quantitative estimate of drug-likeness (QED) is 0.598. The highest BCUT2D eigenvalue weighted by atomic mass is 32.2. The highest BCUT2D eigenvalue weighted by Gasteiger charge is 2.37. The number of rotatable bonds is 1. The maximum Gasteiger partial charge on any atom is 0.167 e. The van der Waals surface area contributed by atoms with Gasteiger partial charge in [-0.2, -0.15) is 0 Å². The molecule has 0 aliphatic carbocycles. The fraction of sp³-hybridized carbons (Fsp3) is 0.750. The van der Waals surface area contributed by atoms with Crippen LogP contribution in [0.4, 0.5) is 0 Å². The molecule has 0 saturated carbocycles. The second-order valence-corrected chi connectivity index (χ2v) is 12.2. The summed E-state index contributed by atoms with van der Waals surface area (Å²) in [6.07, 6.45) is 0. The first kappa shape index (κ1) is 9.95. The van der Waals surface area contributed by atoms with Crippen LogP contribution in [0.15, 0.2) is 9.81 Å². The van der Waals surface area contributed by atoms with Gasteiger partial charge in [-0.15, -0.1) is 0 Å². The normalized spacial score (nSPS) is 21.5. The van der Waals surface area contributed by atoms with Crippen LogP contribution >= 0.6 is 30.8 Å². The Bertz CT molecular complexity index is 177. The lowest BCUT2D eigenvalue weighted by Gasteiger charge is -2.18. The molecule has 0 unspecified atom stereocenters. The third-order valence-electron chi connectivity index (χ3n) is 1.68. The van der Waals surface area contributed by atoms with Gasteiger partial charge >= 0.3 is 0 Å². The minimum absolute atomic E-state index is 0.654. The second-order valence-electron chi connectivity index (χ2n) is 3.77. The Morgan fingerprint density at radius 1 is 1.00 bits per heavy atom. The van der Waals surface area contributed by atoms with E-state index in [4.69, 9.17) is 0 Å². The van der Waals surface area contributed by atoms with E-state index in [0.717, 1.165) is 4.32 Å². The van der Waals surface area contributed by atoms with Crippen LogP contribution in [0.5, 0.6) is 0 Å². The summed E-state index contributed by atoms with van der Waals surface area (Å²) in [5, 5.41) is 0. The van der Waals surface area contributed by atoms with Gasteiger partial charge in [-0.25, -0.2) is 0 Å². The maximum atomic E-state index is 2.42. The van der Waals surface area contributed by atoms with Crippen LogP contribution in [0, 0.1) is 0 Å². The molecule has 0 spiro atoms. The van der Waals surface area contributed by atoms with Crippen molar-refractivity contribution in [3.05, 3.63) is 9.81 Å². The molecule has 1 aliphatic rings. The predicted octanol–water partition coefficient (Wildman–Crippen LogP) is 3.91. The van der Waals surface area contributed by atoms with Gasteiger partial charge in [0.25, 0.3) is 0 Å². The average Bonchev–Trinajstić information content (AvgIpc) is 2.11. The molecule has 1 rings (SSSR count). The lowest BCUT2D eigenvalue weighted by atomic mass is 10.6. The summed E-state index contributed by atoms with van der Waals surface area (Å²) in [6.45, 7) is 11.7. The molecule has 0 aromatic carbocycles. The Morgan fingerprint density at radius 3 is 1.55 bits per heavy atom. The smallest absolute Gasteiger partial charge is 0.0747 e. The largest absolute Gasteiger partial charge is 0.167 e. The van der Waals surface area contributed by atoms with Crippen molar-refractivity contribution in [1.82, 2.24) is 0 Å². The van der Waals surface area contributed by atoms with Crippen molar-refractivity contribution in [2.45, 2.75) is 18.2 Å². The summed E-state index contributed by atoms with van der Waals surface area (Å²) in [5.74, 6) is 0. The average molecular weight is 207 g/mol. The van der Waals surface area contributed by atoms with Gasteiger partial charge in [0.1, 0.15) is 0 Å². The van der Waals surface area contributed by atoms with E-state index >= 15 is 0 Å². The van der Waals surface area contributed by atoms with Gasteiger partial charge in [0, 0.05) is 7.26 Å². The van der Waals surface area contributed by atoms with Crippen molar-refractivity contribution < 1.29 is 0 Å². The number of hydrogen-bond donors (Lipinski definition) is 0. The molecule has 0 atom stereocenters. The molecule has 0 bridgehead atoms. The molecule has 0 radical (unpaired) electrons. The van der Waals surface area contributed by atoms with Crippen molar-refractivity contribution in [3.8, 4) is 0 Å². The van der Waals surface area contributed by atoms with E-state index in [-0.39, 0.29) is 0 Å². The molecule has 0 N–H and O–H groups in total. The van der Waals surface area contributed by atoms with Gasteiger partial charge in [-0.3, -0.25) is 0 Å². The van der Waals surface area contributed by atoms with Crippen LogP contribution in [0.2, 0.25) is 0 Å². The summed E-state index contributed by atoms with van der Waals surface area (Å²) in [6, 6.07) is 0. The first-order valence-corrected chi connectivity index (χ1v) is 8.69. The zero-order valence-electron chi connectivity index (χ0n) is 7.84. The topological polar surface area (TPSA) is 0 Å². The standard InChI is InChI=1S/C8H16PS2/c1-6-7(2)11-8(10-6)9(3,4)5/h8H,1-5H3/q+1. The molecule has 0 nitrogen and oxygen atoms in total. The molecule has 0 aromatic heterocycles. The van der Waals surface area contributed by atoms with Gasteiger partial charge in [0.15, 0.2) is 4.32 Å². The Hall–Kier alpha value is 0.870.